The van der Waals surface area contributed by atoms with Gasteiger partial charge in [-0.05, 0) is 61.7 Å². The number of nitrogens with one attached hydrogen (secondary N) is 1. The third-order valence-electron chi connectivity index (χ3n) is 5.41. The molecule has 5 heteroatoms. The minimum absolute atomic E-state index is 0.223. The highest BCUT2D eigenvalue weighted by Gasteiger charge is 2.25. The summed E-state index contributed by atoms with van der Waals surface area (Å²) < 4.78 is 11.1. The number of furan rings is 1. The van der Waals surface area contributed by atoms with E-state index >= 15 is 0 Å². The van der Waals surface area contributed by atoms with Crippen molar-refractivity contribution in [3.63, 3.8) is 0 Å². The molecule has 1 aliphatic heterocycles. The fourth-order valence-corrected chi connectivity index (χ4v) is 3.93. The van der Waals surface area contributed by atoms with Crippen LogP contribution in [0.15, 0.2) is 56.3 Å². The van der Waals surface area contributed by atoms with Crippen LogP contribution in [0.5, 0.6) is 0 Å². The van der Waals surface area contributed by atoms with Crippen LogP contribution in [0.3, 0.4) is 0 Å². The van der Waals surface area contributed by atoms with Gasteiger partial charge in [-0.25, -0.2) is 4.79 Å². The van der Waals surface area contributed by atoms with E-state index in [0.29, 0.717) is 12.1 Å². The predicted octanol–water partition coefficient (Wildman–Crippen LogP) is 3.88. The molecule has 0 amide bonds. The molecule has 0 saturated carbocycles. The molecule has 1 N–H and O–H groups in total. The first kappa shape index (κ1) is 18.0. The number of hydrogen-bond acceptors (Lipinski definition) is 5. The van der Waals surface area contributed by atoms with Crippen molar-refractivity contribution in [1.29, 1.82) is 0 Å². The van der Waals surface area contributed by atoms with Gasteiger partial charge in [0.25, 0.3) is 0 Å². The number of benzene rings is 1. The summed E-state index contributed by atoms with van der Waals surface area (Å²) in [6, 6.07) is 11.9. The van der Waals surface area contributed by atoms with E-state index in [1.165, 1.54) is 18.4 Å². The highest BCUT2D eigenvalue weighted by molar-refractivity contribution is 5.80. The smallest absolute Gasteiger partial charge is 0.336 e. The Bertz CT molecular complexity index is 940. The van der Waals surface area contributed by atoms with Gasteiger partial charge in [0.2, 0.25) is 0 Å². The molecule has 142 valence electrons. The monoisotopic (exact) mass is 366 g/mol. The van der Waals surface area contributed by atoms with Crippen LogP contribution in [0.1, 0.15) is 42.7 Å². The van der Waals surface area contributed by atoms with Crippen LogP contribution in [0.2, 0.25) is 0 Å². The molecule has 2 aromatic heterocycles. The Balaban J connectivity index is 1.51. The molecule has 3 heterocycles. The lowest BCUT2D eigenvalue weighted by Crippen LogP contribution is -2.33. The fraction of sp³-hybridized carbons (Fsp3) is 0.409. The van der Waals surface area contributed by atoms with E-state index in [0.717, 1.165) is 42.8 Å². The maximum Gasteiger partial charge on any atom is 0.336 e. The van der Waals surface area contributed by atoms with E-state index in [9.17, 15) is 4.79 Å². The van der Waals surface area contributed by atoms with Crippen molar-refractivity contribution in [3.05, 3.63) is 70.0 Å². The van der Waals surface area contributed by atoms with Gasteiger partial charge in [0, 0.05) is 24.5 Å². The Morgan fingerprint density at radius 2 is 2.04 bits per heavy atom. The van der Waals surface area contributed by atoms with Crippen molar-refractivity contribution in [2.45, 2.75) is 38.8 Å². The van der Waals surface area contributed by atoms with Crippen molar-refractivity contribution in [2.24, 2.45) is 0 Å². The summed E-state index contributed by atoms with van der Waals surface area (Å²) in [6.45, 7) is 5.70. The van der Waals surface area contributed by atoms with E-state index in [1.807, 2.05) is 18.2 Å². The second-order valence-corrected chi connectivity index (χ2v) is 7.18. The Labute approximate surface area is 159 Å². The fourth-order valence-electron chi connectivity index (χ4n) is 3.93. The third-order valence-corrected chi connectivity index (χ3v) is 5.41. The summed E-state index contributed by atoms with van der Waals surface area (Å²) in [5, 5.41) is 4.53. The molecule has 5 nitrogen and oxygen atoms in total. The lowest BCUT2D eigenvalue weighted by atomic mass is 10.1. The van der Waals surface area contributed by atoms with E-state index in [2.05, 4.69) is 29.3 Å². The molecule has 1 aliphatic rings. The molecule has 0 bridgehead atoms. The molecule has 0 radical (unpaired) electrons. The minimum atomic E-state index is -0.297. The van der Waals surface area contributed by atoms with E-state index in [-0.39, 0.29) is 11.7 Å². The predicted molar refractivity (Wildman–Crippen MR) is 106 cm³/mol. The zero-order valence-electron chi connectivity index (χ0n) is 15.7. The zero-order valence-corrected chi connectivity index (χ0v) is 15.7. The van der Waals surface area contributed by atoms with Crippen molar-refractivity contribution in [2.75, 3.05) is 19.6 Å². The summed E-state index contributed by atoms with van der Waals surface area (Å²) in [4.78, 5) is 14.4. The number of rotatable bonds is 7. The Kier molecular flexibility index (Phi) is 5.41. The average molecular weight is 366 g/mol. The van der Waals surface area contributed by atoms with Gasteiger partial charge in [0.05, 0.1) is 12.3 Å². The molecule has 1 saturated heterocycles. The van der Waals surface area contributed by atoms with Crippen LogP contribution in [0, 0.1) is 0 Å². The average Bonchev–Trinajstić information content (AvgIpc) is 3.38. The normalized spacial score (nSPS) is 16.2. The lowest BCUT2D eigenvalue weighted by Gasteiger charge is -2.26. The second-order valence-electron chi connectivity index (χ2n) is 7.18. The van der Waals surface area contributed by atoms with E-state index < -0.39 is 0 Å². The number of hydrogen-bond donors (Lipinski definition) is 1. The van der Waals surface area contributed by atoms with E-state index in [1.54, 1.807) is 12.3 Å². The van der Waals surface area contributed by atoms with Gasteiger partial charge >= 0.3 is 5.63 Å². The molecular formula is C22H26N2O3. The zero-order chi connectivity index (χ0) is 18.6. The Hall–Kier alpha value is -2.37. The number of nitrogens with zero attached hydrogens (tertiary/aromatic N) is 1. The van der Waals surface area contributed by atoms with Gasteiger partial charge in [-0.15, -0.1) is 0 Å². The van der Waals surface area contributed by atoms with Crippen molar-refractivity contribution in [1.82, 2.24) is 10.2 Å². The third kappa shape index (κ3) is 3.99. The van der Waals surface area contributed by atoms with Gasteiger partial charge in [-0.3, -0.25) is 4.90 Å². The van der Waals surface area contributed by atoms with Crippen LogP contribution in [0.4, 0.5) is 0 Å². The van der Waals surface area contributed by atoms with Gasteiger partial charge in [0.15, 0.2) is 0 Å². The number of aryl methyl sites for hydroxylation is 1. The molecule has 1 aromatic carbocycles. The highest BCUT2D eigenvalue weighted by atomic mass is 16.4. The summed E-state index contributed by atoms with van der Waals surface area (Å²) >= 11 is 0. The van der Waals surface area contributed by atoms with E-state index in [4.69, 9.17) is 8.83 Å². The Morgan fingerprint density at radius 1 is 1.19 bits per heavy atom. The first-order chi connectivity index (χ1) is 13.2. The largest absolute Gasteiger partial charge is 0.468 e. The first-order valence-corrected chi connectivity index (χ1v) is 9.78. The van der Waals surface area contributed by atoms with Crippen molar-refractivity contribution < 1.29 is 8.83 Å². The standard InChI is InChI=1S/C22H26N2O3/c1-2-16-7-8-18-17(13-22(25)27-21(18)12-16)14-23-15-19(20-6-5-11-26-20)24-9-3-4-10-24/h5-8,11-13,19,23H,2-4,9-10,14-15H2,1H3/t19-/m1/s1. The van der Waals surface area contributed by atoms with Crippen molar-refractivity contribution in [3.8, 4) is 0 Å². The molecule has 0 spiro atoms. The first-order valence-electron chi connectivity index (χ1n) is 9.78. The minimum Gasteiger partial charge on any atom is -0.468 e. The van der Waals surface area contributed by atoms with Crippen LogP contribution < -0.4 is 10.9 Å². The Morgan fingerprint density at radius 3 is 2.78 bits per heavy atom. The summed E-state index contributed by atoms with van der Waals surface area (Å²) in [6.07, 6.45) is 5.13. The van der Waals surface area contributed by atoms with Crippen molar-refractivity contribution >= 4 is 11.0 Å². The van der Waals surface area contributed by atoms with Crippen LogP contribution in [-0.2, 0) is 13.0 Å². The highest BCUT2D eigenvalue weighted by Crippen LogP contribution is 2.25. The van der Waals surface area contributed by atoms with Gasteiger partial charge < -0.3 is 14.2 Å². The SMILES string of the molecule is CCc1ccc2c(CNC[C@H](c3ccco3)N3CCCC3)cc(=O)oc2c1. The van der Waals surface area contributed by atoms with Crippen LogP contribution in [-0.4, -0.2) is 24.5 Å². The van der Waals surface area contributed by atoms with Gasteiger partial charge in [-0.2, -0.15) is 0 Å². The number of likely N-dealkylation sites (tertiary alicyclic amines) is 1. The van der Waals surface area contributed by atoms with Gasteiger partial charge in [0.1, 0.15) is 11.3 Å². The quantitative estimate of drug-likeness (QED) is 0.643. The molecular weight excluding hydrogens is 340 g/mol. The molecule has 0 unspecified atom stereocenters. The van der Waals surface area contributed by atoms with Gasteiger partial charge in [-0.1, -0.05) is 19.1 Å². The lowest BCUT2D eigenvalue weighted by molar-refractivity contribution is 0.209. The number of fused-ring (bicyclic) bond motifs is 1. The summed E-state index contributed by atoms with van der Waals surface area (Å²) in [5.74, 6) is 0.995. The maximum atomic E-state index is 12.0. The molecule has 1 fully saturated rings. The van der Waals surface area contributed by atoms with Crippen LogP contribution in [0.25, 0.3) is 11.0 Å². The molecule has 0 aliphatic carbocycles. The molecule has 1 atom stereocenters. The summed E-state index contributed by atoms with van der Waals surface area (Å²) in [5.41, 5.74) is 2.52. The molecule has 27 heavy (non-hydrogen) atoms. The van der Waals surface area contributed by atoms with Crippen LogP contribution >= 0.6 is 0 Å². The maximum absolute atomic E-state index is 12.0. The molecule has 4 rings (SSSR count). The topological polar surface area (TPSA) is 58.6 Å². The second kappa shape index (κ2) is 8.11. The molecule has 3 aromatic rings. The summed E-state index contributed by atoms with van der Waals surface area (Å²) in [7, 11) is 0.